The Hall–Kier alpha value is -6.02. The molecule has 2 aliphatic rings. The molecule has 0 radical (unpaired) electrons. The number of piperidine rings is 2. The van der Waals surface area contributed by atoms with Gasteiger partial charge in [0.1, 0.15) is 12.2 Å². The van der Waals surface area contributed by atoms with Crippen LogP contribution in [0, 0.1) is 6.92 Å². The molecule has 2 aliphatic heterocycles. The van der Waals surface area contributed by atoms with Crippen molar-refractivity contribution in [3.8, 4) is 22.5 Å². The summed E-state index contributed by atoms with van der Waals surface area (Å²) in [6, 6.07) is 16.6. The van der Waals surface area contributed by atoms with E-state index in [4.69, 9.17) is 9.51 Å². The average molecular weight is 755 g/mol. The molecule has 2 saturated heterocycles. The zero-order valence-electron chi connectivity index (χ0n) is 32.4. The number of imide groups is 1. The molecule has 14 nitrogen and oxygen atoms in total. The minimum atomic E-state index is -0.388. The van der Waals surface area contributed by atoms with Crippen molar-refractivity contribution in [3.05, 3.63) is 107 Å². The number of aromatic nitrogens is 7. The topological polar surface area (TPSA) is 165 Å². The second-order valence-corrected chi connectivity index (χ2v) is 16.0. The van der Waals surface area contributed by atoms with Crippen LogP contribution in [0.2, 0.25) is 0 Å². The standard InChI is InChI=1S/C42H46N10O4/c1-25-18-29(10-11-30(25)20-43-40(55)38-48-41(56-49-38)42(2,3)4)37-34-19-31(21-52(34)45-24-44-37)33-22-50(5)35(46-33)23-51-16-14-27(15-17-51)26-6-8-28(9-7-26)32-12-13-36(53)47-39(32)54/h6-11,18-19,21-22,24,27,32H,12-17,20,23H2,1-5H3,(H,43,55)(H,47,53,54). The molecule has 288 valence electrons. The van der Waals surface area contributed by atoms with Crippen molar-refractivity contribution < 1.29 is 18.9 Å². The summed E-state index contributed by atoms with van der Waals surface area (Å²) in [7, 11) is 2.04. The van der Waals surface area contributed by atoms with Gasteiger partial charge in [0, 0.05) is 48.9 Å². The van der Waals surface area contributed by atoms with Gasteiger partial charge in [-0.1, -0.05) is 62.3 Å². The van der Waals surface area contributed by atoms with E-state index in [9.17, 15) is 14.4 Å². The van der Waals surface area contributed by atoms with E-state index >= 15 is 0 Å². The van der Waals surface area contributed by atoms with Gasteiger partial charge in [0.2, 0.25) is 17.7 Å². The van der Waals surface area contributed by atoms with Crippen molar-refractivity contribution >= 4 is 23.2 Å². The molecule has 6 heterocycles. The SMILES string of the molecule is Cc1cc(-c2ncnn3cc(-c4cn(C)c(CN5CCC(c6ccc(C7CCC(=O)NC7=O)cc6)CC5)n4)cc23)ccc1CNC(=O)c1noc(C(C)(C)C)n1. The van der Waals surface area contributed by atoms with Gasteiger partial charge in [-0.15, -0.1) is 0 Å². The molecule has 4 aromatic heterocycles. The number of carbonyl (C=O) groups excluding carboxylic acids is 3. The fourth-order valence-corrected chi connectivity index (χ4v) is 7.64. The zero-order valence-corrected chi connectivity index (χ0v) is 32.4. The van der Waals surface area contributed by atoms with Crippen molar-refractivity contribution in [1.82, 2.24) is 49.8 Å². The molecule has 0 aliphatic carbocycles. The maximum atomic E-state index is 12.7. The van der Waals surface area contributed by atoms with Gasteiger partial charge < -0.3 is 14.4 Å². The van der Waals surface area contributed by atoms with E-state index in [0.717, 1.165) is 83.0 Å². The Bertz CT molecular complexity index is 2430. The van der Waals surface area contributed by atoms with Crippen molar-refractivity contribution in [2.24, 2.45) is 7.05 Å². The lowest BCUT2D eigenvalue weighted by Gasteiger charge is -2.32. The molecule has 0 saturated carbocycles. The molecular weight excluding hydrogens is 709 g/mol. The average Bonchev–Trinajstić information content (AvgIpc) is 3.94. The van der Waals surface area contributed by atoms with E-state index < -0.39 is 0 Å². The maximum absolute atomic E-state index is 12.7. The molecule has 6 aromatic rings. The minimum Gasteiger partial charge on any atom is -0.345 e. The molecular formula is C42H46N10O4. The number of likely N-dealkylation sites (tertiary alicyclic amines) is 1. The summed E-state index contributed by atoms with van der Waals surface area (Å²) in [5.41, 5.74) is 8.36. The number of carbonyl (C=O) groups is 3. The van der Waals surface area contributed by atoms with Crippen LogP contribution in [-0.2, 0) is 35.1 Å². The number of fused-ring (bicyclic) bond motifs is 1. The summed E-state index contributed by atoms with van der Waals surface area (Å²) in [6.45, 7) is 10.9. The molecule has 3 amide bonds. The first-order chi connectivity index (χ1) is 26.9. The van der Waals surface area contributed by atoms with Crippen LogP contribution in [0.15, 0.2) is 71.8 Å². The molecule has 2 aromatic carbocycles. The Balaban J connectivity index is 0.898. The van der Waals surface area contributed by atoms with E-state index in [-0.39, 0.29) is 34.9 Å². The van der Waals surface area contributed by atoms with Crippen molar-refractivity contribution in [1.29, 1.82) is 0 Å². The van der Waals surface area contributed by atoms with Crippen LogP contribution in [0.3, 0.4) is 0 Å². The first kappa shape index (κ1) is 36.9. The Morgan fingerprint density at radius 3 is 2.45 bits per heavy atom. The van der Waals surface area contributed by atoms with E-state index in [1.807, 2.05) is 57.6 Å². The quantitative estimate of drug-likeness (QED) is 0.177. The number of hydrogen-bond acceptors (Lipinski definition) is 10. The number of amides is 3. The predicted molar refractivity (Wildman–Crippen MR) is 208 cm³/mol. The highest BCUT2D eigenvalue weighted by Gasteiger charge is 2.29. The molecule has 1 unspecified atom stereocenters. The Morgan fingerprint density at radius 1 is 0.964 bits per heavy atom. The Labute approximate surface area is 324 Å². The second kappa shape index (κ2) is 14.9. The van der Waals surface area contributed by atoms with Crippen LogP contribution in [0.25, 0.3) is 28.0 Å². The van der Waals surface area contributed by atoms with Crippen LogP contribution >= 0.6 is 0 Å². The fraction of sp³-hybridized carbons (Fsp3) is 0.381. The second-order valence-electron chi connectivity index (χ2n) is 16.0. The normalized spacial score (nSPS) is 17.1. The van der Waals surface area contributed by atoms with Crippen LogP contribution < -0.4 is 10.6 Å². The molecule has 0 spiro atoms. The number of rotatable bonds is 9. The van der Waals surface area contributed by atoms with Crippen LogP contribution in [0.5, 0.6) is 0 Å². The third kappa shape index (κ3) is 7.61. The summed E-state index contributed by atoms with van der Waals surface area (Å²) in [6.07, 6.45) is 8.67. The van der Waals surface area contributed by atoms with E-state index in [2.05, 4.69) is 82.9 Å². The summed E-state index contributed by atoms with van der Waals surface area (Å²) in [4.78, 5) is 53.1. The highest BCUT2D eigenvalue weighted by molar-refractivity contribution is 6.01. The lowest BCUT2D eigenvalue weighted by atomic mass is 9.86. The van der Waals surface area contributed by atoms with E-state index in [1.54, 1.807) is 6.33 Å². The summed E-state index contributed by atoms with van der Waals surface area (Å²) in [5.74, 6) is 0.878. The highest BCUT2D eigenvalue weighted by Crippen LogP contribution is 2.33. The first-order valence-electron chi connectivity index (χ1n) is 19.1. The molecule has 2 N–H and O–H groups in total. The maximum Gasteiger partial charge on any atom is 0.292 e. The van der Waals surface area contributed by atoms with E-state index in [1.165, 1.54) is 5.56 Å². The van der Waals surface area contributed by atoms with Crippen molar-refractivity contribution in [2.45, 2.75) is 83.7 Å². The van der Waals surface area contributed by atoms with Gasteiger partial charge in [0.05, 0.1) is 29.4 Å². The van der Waals surface area contributed by atoms with Crippen molar-refractivity contribution in [2.75, 3.05) is 13.1 Å². The molecule has 2 fully saturated rings. The lowest BCUT2D eigenvalue weighted by Crippen LogP contribution is -2.39. The van der Waals surface area contributed by atoms with Crippen molar-refractivity contribution in [3.63, 3.8) is 0 Å². The molecule has 56 heavy (non-hydrogen) atoms. The first-order valence-corrected chi connectivity index (χ1v) is 19.1. The zero-order chi connectivity index (χ0) is 39.1. The predicted octanol–water partition coefficient (Wildman–Crippen LogP) is 5.62. The number of imidazole rings is 1. The highest BCUT2D eigenvalue weighted by atomic mass is 16.5. The van der Waals surface area contributed by atoms with Crippen LogP contribution in [0.1, 0.15) is 103 Å². The summed E-state index contributed by atoms with van der Waals surface area (Å²) >= 11 is 0. The third-order valence-electron chi connectivity index (χ3n) is 11.0. The smallest absolute Gasteiger partial charge is 0.292 e. The number of aryl methyl sites for hydroxylation is 2. The van der Waals surface area contributed by atoms with Gasteiger partial charge in [-0.2, -0.15) is 10.1 Å². The summed E-state index contributed by atoms with van der Waals surface area (Å²) in [5, 5.41) is 13.7. The summed E-state index contributed by atoms with van der Waals surface area (Å²) < 4.78 is 9.22. The van der Waals surface area contributed by atoms with Gasteiger partial charge in [-0.05, 0) is 79.6 Å². The van der Waals surface area contributed by atoms with E-state index in [0.29, 0.717) is 31.2 Å². The molecule has 14 heteroatoms. The molecule has 1 atom stereocenters. The monoisotopic (exact) mass is 754 g/mol. The number of nitrogens with zero attached hydrogens (tertiary/aromatic N) is 8. The molecule has 0 bridgehead atoms. The van der Waals surface area contributed by atoms with Gasteiger partial charge in [0.25, 0.3) is 11.7 Å². The number of hydrogen-bond donors (Lipinski definition) is 2. The van der Waals surface area contributed by atoms with Gasteiger partial charge in [0.15, 0.2) is 0 Å². The molecule has 8 rings (SSSR count). The Morgan fingerprint density at radius 2 is 1.73 bits per heavy atom. The largest absolute Gasteiger partial charge is 0.345 e. The van der Waals surface area contributed by atoms with Crippen LogP contribution in [0.4, 0.5) is 0 Å². The number of nitrogens with one attached hydrogen (secondary N) is 2. The third-order valence-corrected chi connectivity index (χ3v) is 11.0. The van der Waals surface area contributed by atoms with Gasteiger partial charge in [-0.3, -0.25) is 24.6 Å². The Kier molecular flexibility index (Phi) is 9.83. The van der Waals surface area contributed by atoms with Gasteiger partial charge >= 0.3 is 0 Å². The van der Waals surface area contributed by atoms with Gasteiger partial charge in [-0.25, -0.2) is 14.5 Å². The fourth-order valence-electron chi connectivity index (χ4n) is 7.64. The van der Waals surface area contributed by atoms with Crippen LogP contribution in [-0.4, -0.2) is 70.0 Å². The minimum absolute atomic E-state index is 0.0193. The number of benzene rings is 2. The lowest BCUT2D eigenvalue weighted by molar-refractivity contribution is -0.134.